The van der Waals surface area contributed by atoms with Gasteiger partial charge >= 0.3 is 11.9 Å². The van der Waals surface area contributed by atoms with E-state index in [0.29, 0.717) is 19.6 Å². The molecule has 0 aliphatic carbocycles. The van der Waals surface area contributed by atoms with Gasteiger partial charge in [0.2, 0.25) is 5.79 Å². The van der Waals surface area contributed by atoms with Crippen LogP contribution in [-0.2, 0) is 28.5 Å². The molecule has 0 unspecified atom stereocenters. The molecule has 0 spiro atoms. The van der Waals surface area contributed by atoms with Crippen LogP contribution in [0.15, 0.2) is 0 Å². The Labute approximate surface area is 111 Å². The minimum absolute atomic E-state index is 0.0538. The molecular formula is C12H20O7. The largest absolute Gasteiger partial charge is 0.460 e. The van der Waals surface area contributed by atoms with Crippen molar-refractivity contribution in [3.63, 3.8) is 0 Å². The third-order valence-electron chi connectivity index (χ3n) is 2.69. The van der Waals surface area contributed by atoms with Crippen molar-refractivity contribution in [2.24, 2.45) is 5.92 Å². The van der Waals surface area contributed by atoms with Gasteiger partial charge in [-0.25, -0.2) is 0 Å². The van der Waals surface area contributed by atoms with Gasteiger partial charge in [0.1, 0.15) is 13.2 Å². The highest BCUT2D eigenvalue weighted by Crippen LogP contribution is 2.24. The SMILES string of the molecule is CC(=O)OCC1(COC(C)=O)OCC(CCO)CO1. The van der Waals surface area contributed by atoms with Crippen LogP contribution in [0.1, 0.15) is 20.3 Å². The van der Waals surface area contributed by atoms with Crippen molar-refractivity contribution in [3.8, 4) is 0 Å². The smallest absolute Gasteiger partial charge is 0.302 e. The molecule has 1 heterocycles. The van der Waals surface area contributed by atoms with Crippen LogP contribution in [-0.4, -0.2) is 55.9 Å². The van der Waals surface area contributed by atoms with Gasteiger partial charge in [-0.3, -0.25) is 9.59 Å². The molecule has 0 aromatic rings. The molecule has 1 fully saturated rings. The van der Waals surface area contributed by atoms with E-state index < -0.39 is 17.7 Å². The van der Waals surface area contributed by atoms with Crippen molar-refractivity contribution in [2.75, 3.05) is 33.0 Å². The summed E-state index contributed by atoms with van der Waals surface area (Å²) in [7, 11) is 0. The number of aliphatic hydroxyl groups excluding tert-OH is 1. The van der Waals surface area contributed by atoms with Gasteiger partial charge in [0.25, 0.3) is 0 Å². The molecule has 0 aromatic heterocycles. The Morgan fingerprint density at radius 1 is 1.16 bits per heavy atom. The van der Waals surface area contributed by atoms with E-state index in [1.807, 2.05) is 0 Å². The topological polar surface area (TPSA) is 91.3 Å². The Hall–Kier alpha value is -1.18. The van der Waals surface area contributed by atoms with Crippen LogP contribution in [0.25, 0.3) is 0 Å². The lowest BCUT2D eigenvalue weighted by Crippen LogP contribution is -2.51. The second-order valence-corrected chi connectivity index (χ2v) is 4.47. The molecule has 0 radical (unpaired) electrons. The third-order valence-corrected chi connectivity index (χ3v) is 2.69. The van der Waals surface area contributed by atoms with Gasteiger partial charge < -0.3 is 24.1 Å². The van der Waals surface area contributed by atoms with Gasteiger partial charge in [0.05, 0.1) is 13.2 Å². The maximum absolute atomic E-state index is 10.9. The summed E-state index contributed by atoms with van der Waals surface area (Å²) in [4.78, 5) is 21.7. The van der Waals surface area contributed by atoms with Gasteiger partial charge in [0, 0.05) is 26.4 Å². The maximum atomic E-state index is 10.9. The van der Waals surface area contributed by atoms with Crippen LogP contribution in [0, 0.1) is 5.92 Å². The molecule has 1 saturated heterocycles. The second kappa shape index (κ2) is 7.42. The molecule has 1 rings (SSSR count). The number of hydrogen-bond donors (Lipinski definition) is 1. The predicted molar refractivity (Wildman–Crippen MR) is 63.1 cm³/mol. The third kappa shape index (κ3) is 5.54. The summed E-state index contributed by atoms with van der Waals surface area (Å²) in [6, 6.07) is 0. The molecular weight excluding hydrogens is 256 g/mol. The van der Waals surface area contributed by atoms with E-state index >= 15 is 0 Å². The second-order valence-electron chi connectivity index (χ2n) is 4.47. The van der Waals surface area contributed by atoms with Gasteiger partial charge in [-0.1, -0.05) is 0 Å². The highest BCUT2D eigenvalue weighted by molar-refractivity contribution is 5.66. The number of carbonyl (C=O) groups is 2. The first-order valence-electron chi connectivity index (χ1n) is 6.13. The van der Waals surface area contributed by atoms with Crippen molar-refractivity contribution < 1.29 is 33.6 Å². The van der Waals surface area contributed by atoms with Gasteiger partial charge in [-0.05, 0) is 6.42 Å². The minimum Gasteiger partial charge on any atom is -0.460 e. The van der Waals surface area contributed by atoms with Crippen LogP contribution in [0.2, 0.25) is 0 Å². The summed E-state index contributed by atoms with van der Waals surface area (Å²) < 4.78 is 20.9. The van der Waals surface area contributed by atoms with Crippen molar-refractivity contribution in [2.45, 2.75) is 26.1 Å². The van der Waals surface area contributed by atoms with E-state index in [1.165, 1.54) is 13.8 Å². The fourth-order valence-electron chi connectivity index (χ4n) is 1.61. The molecule has 19 heavy (non-hydrogen) atoms. The van der Waals surface area contributed by atoms with E-state index in [0.717, 1.165) is 0 Å². The Morgan fingerprint density at radius 2 is 1.63 bits per heavy atom. The number of ether oxygens (including phenoxy) is 4. The monoisotopic (exact) mass is 276 g/mol. The number of rotatable bonds is 6. The number of carbonyl (C=O) groups excluding carboxylic acids is 2. The Balaban J connectivity index is 2.55. The van der Waals surface area contributed by atoms with E-state index in [1.54, 1.807) is 0 Å². The van der Waals surface area contributed by atoms with E-state index in [2.05, 4.69) is 0 Å². The summed E-state index contributed by atoms with van der Waals surface area (Å²) >= 11 is 0. The molecule has 0 aromatic carbocycles. The molecule has 110 valence electrons. The van der Waals surface area contributed by atoms with Gasteiger partial charge in [-0.2, -0.15) is 0 Å². The first-order chi connectivity index (χ1) is 8.97. The van der Waals surface area contributed by atoms with Crippen LogP contribution in [0.5, 0.6) is 0 Å². The molecule has 0 atom stereocenters. The molecule has 7 nitrogen and oxygen atoms in total. The van der Waals surface area contributed by atoms with Crippen molar-refractivity contribution in [1.29, 1.82) is 0 Å². The molecule has 7 heteroatoms. The molecule has 1 aliphatic heterocycles. The Morgan fingerprint density at radius 3 is 2.00 bits per heavy atom. The standard InChI is InChI=1S/C12H20O7/c1-9(14)16-7-12(8-17-10(2)15)18-5-11(3-4-13)6-19-12/h11,13H,3-8H2,1-2H3. The molecule has 1 aliphatic rings. The molecule has 0 amide bonds. The first kappa shape index (κ1) is 15.9. The summed E-state index contributed by atoms with van der Waals surface area (Å²) in [5.41, 5.74) is 0. The summed E-state index contributed by atoms with van der Waals surface area (Å²) in [5.74, 6) is -2.10. The highest BCUT2D eigenvalue weighted by atomic mass is 16.7. The predicted octanol–water partition coefficient (Wildman–Crippen LogP) is -0.146. The van der Waals surface area contributed by atoms with Crippen molar-refractivity contribution in [1.82, 2.24) is 0 Å². The van der Waals surface area contributed by atoms with Crippen LogP contribution >= 0.6 is 0 Å². The lowest BCUT2D eigenvalue weighted by Gasteiger charge is -2.38. The zero-order valence-corrected chi connectivity index (χ0v) is 11.2. The molecule has 0 bridgehead atoms. The number of hydrogen-bond acceptors (Lipinski definition) is 7. The normalized spacial score (nSPS) is 18.9. The van der Waals surface area contributed by atoms with E-state index in [-0.39, 0.29) is 25.7 Å². The first-order valence-corrected chi connectivity index (χ1v) is 6.13. The van der Waals surface area contributed by atoms with Crippen LogP contribution < -0.4 is 0 Å². The van der Waals surface area contributed by atoms with Gasteiger partial charge in [-0.15, -0.1) is 0 Å². The van der Waals surface area contributed by atoms with E-state index in [4.69, 9.17) is 24.1 Å². The van der Waals surface area contributed by atoms with Crippen LogP contribution in [0.3, 0.4) is 0 Å². The average molecular weight is 276 g/mol. The summed E-state index contributed by atoms with van der Waals surface area (Å²) in [6.07, 6.45) is 0.567. The fraction of sp³-hybridized carbons (Fsp3) is 0.833. The maximum Gasteiger partial charge on any atom is 0.302 e. The minimum atomic E-state index is -1.25. The Bertz CT molecular complexity index is 287. The van der Waals surface area contributed by atoms with E-state index in [9.17, 15) is 9.59 Å². The number of esters is 2. The molecule has 0 saturated carbocycles. The molecule has 1 N–H and O–H groups in total. The zero-order chi connectivity index (χ0) is 14.3. The fourth-order valence-corrected chi connectivity index (χ4v) is 1.61. The average Bonchev–Trinajstić information content (AvgIpc) is 2.37. The quantitative estimate of drug-likeness (QED) is 0.675. The van der Waals surface area contributed by atoms with Crippen LogP contribution in [0.4, 0.5) is 0 Å². The number of aliphatic hydroxyl groups is 1. The lowest BCUT2D eigenvalue weighted by atomic mass is 10.1. The summed E-state index contributed by atoms with van der Waals surface area (Å²) in [6.45, 7) is 3.03. The van der Waals surface area contributed by atoms with Gasteiger partial charge in [0.15, 0.2) is 0 Å². The van der Waals surface area contributed by atoms with Crippen molar-refractivity contribution >= 4 is 11.9 Å². The Kier molecular flexibility index (Phi) is 6.20. The summed E-state index contributed by atoms with van der Waals surface area (Å²) in [5, 5.41) is 8.85. The lowest BCUT2D eigenvalue weighted by molar-refractivity contribution is -0.312. The van der Waals surface area contributed by atoms with Crippen molar-refractivity contribution in [3.05, 3.63) is 0 Å². The highest BCUT2D eigenvalue weighted by Gasteiger charge is 2.40. The zero-order valence-electron chi connectivity index (χ0n) is 11.2.